The number of halogens is 2. The molecule has 2 amide bonds. The third-order valence-electron chi connectivity index (χ3n) is 4.57. The smallest absolute Gasteiger partial charge is 0.261 e. The van der Waals surface area contributed by atoms with E-state index in [-0.39, 0.29) is 31.0 Å². The Bertz CT molecular complexity index is 890. The molecule has 6 nitrogen and oxygen atoms in total. The summed E-state index contributed by atoms with van der Waals surface area (Å²) in [5.41, 5.74) is 0.887. The number of rotatable bonds is 10. The van der Waals surface area contributed by atoms with Crippen molar-refractivity contribution in [2.75, 3.05) is 13.7 Å². The molecule has 0 fully saturated rings. The zero-order chi connectivity index (χ0) is 23.0. The number of methoxy groups -OCH3 is 1. The fourth-order valence-corrected chi connectivity index (χ4v) is 3.84. The lowest BCUT2D eigenvalue weighted by Crippen LogP contribution is -2.51. The second kappa shape index (κ2) is 12.0. The molecule has 0 spiro atoms. The second-order valence-corrected chi connectivity index (χ2v) is 8.61. The maximum absolute atomic E-state index is 13.2. The van der Waals surface area contributed by atoms with E-state index in [1.165, 1.54) is 0 Å². The molecule has 168 valence electrons. The number of carbonyl (C=O) groups excluding carboxylic acids is 2. The fraction of sp³-hybridized carbons (Fsp3) is 0.391. The van der Waals surface area contributed by atoms with E-state index in [0.29, 0.717) is 21.7 Å². The van der Waals surface area contributed by atoms with Crippen LogP contribution in [0.25, 0.3) is 0 Å². The minimum Gasteiger partial charge on any atom is -0.497 e. The van der Waals surface area contributed by atoms with Crippen LogP contribution in [0.1, 0.15) is 32.8 Å². The summed E-state index contributed by atoms with van der Waals surface area (Å²) < 4.78 is 11.6. The molecule has 0 aliphatic rings. The lowest BCUT2D eigenvalue weighted by molar-refractivity contribution is -0.143. The van der Waals surface area contributed by atoms with E-state index >= 15 is 0 Å². The quantitative estimate of drug-likeness (QED) is 0.496. The number of nitrogens with one attached hydrogen (secondary N) is 1. The first kappa shape index (κ1) is 25.0. The van der Waals surface area contributed by atoms with Crippen LogP contribution in [0.3, 0.4) is 0 Å². The maximum atomic E-state index is 13.2. The van der Waals surface area contributed by atoms with E-state index in [1.54, 1.807) is 30.2 Å². The van der Waals surface area contributed by atoms with Gasteiger partial charge in [0.1, 0.15) is 17.5 Å². The Balaban J connectivity index is 2.23. The van der Waals surface area contributed by atoms with Crippen LogP contribution >= 0.6 is 27.5 Å². The minimum atomic E-state index is -0.616. The van der Waals surface area contributed by atoms with E-state index in [9.17, 15) is 9.59 Å². The van der Waals surface area contributed by atoms with Gasteiger partial charge in [0.05, 0.1) is 11.6 Å². The van der Waals surface area contributed by atoms with Crippen LogP contribution < -0.4 is 14.8 Å². The van der Waals surface area contributed by atoms with Crippen LogP contribution in [-0.4, -0.2) is 42.5 Å². The summed E-state index contributed by atoms with van der Waals surface area (Å²) in [4.78, 5) is 27.5. The maximum Gasteiger partial charge on any atom is 0.261 e. The Morgan fingerprint density at radius 1 is 1.16 bits per heavy atom. The van der Waals surface area contributed by atoms with Crippen LogP contribution in [-0.2, 0) is 16.1 Å². The van der Waals surface area contributed by atoms with Crippen LogP contribution in [0.5, 0.6) is 11.5 Å². The molecular formula is C23H28BrClN2O4. The SMILES string of the molecule is CC[C@@H](C(=O)NC(C)C)N(Cc1ccc(OC)cc1)C(=O)COc1ccc(Cl)cc1Br. The highest BCUT2D eigenvalue weighted by Crippen LogP contribution is 2.28. The van der Waals surface area contributed by atoms with E-state index in [0.717, 1.165) is 11.3 Å². The highest BCUT2D eigenvalue weighted by molar-refractivity contribution is 9.10. The van der Waals surface area contributed by atoms with Crippen LogP contribution in [0.4, 0.5) is 0 Å². The highest BCUT2D eigenvalue weighted by Gasteiger charge is 2.29. The Labute approximate surface area is 197 Å². The van der Waals surface area contributed by atoms with Crippen molar-refractivity contribution in [1.29, 1.82) is 0 Å². The average Bonchev–Trinajstić information content (AvgIpc) is 2.72. The molecule has 2 aromatic carbocycles. The third kappa shape index (κ3) is 7.43. The summed E-state index contributed by atoms with van der Waals surface area (Å²) in [5, 5.41) is 3.46. The summed E-state index contributed by atoms with van der Waals surface area (Å²) >= 11 is 9.35. The van der Waals surface area contributed by atoms with Gasteiger partial charge in [0.15, 0.2) is 6.61 Å². The Hall–Kier alpha value is -2.25. The van der Waals surface area contributed by atoms with Crippen LogP contribution in [0, 0.1) is 0 Å². The molecule has 0 saturated heterocycles. The van der Waals surface area contributed by atoms with Gasteiger partial charge >= 0.3 is 0 Å². The van der Waals surface area contributed by atoms with Gasteiger partial charge in [-0.1, -0.05) is 30.7 Å². The summed E-state index contributed by atoms with van der Waals surface area (Å²) in [5.74, 6) is 0.749. The van der Waals surface area contributed by atoms with E-state index < -0.39 is 6.04 Å². The molecular weight excluding hydrogens is 484 g/mol. The average molecular weight is 512 g/mol. The van der Waals surface area contributed by atoms with Gasteiger partial charge in [-0.15, -0.1) is 0 Å². The van der Waals surface area contributed by atoms with Gasteiger partial charge in [-0.3, -0.25) is 9.59 Å². The first-order valence-corrected chi connectivity index (χ1v) is 11.2. The van der Waals surface area contributed by atoms with Crippen molar-refractivity contribution in [1.82, 2.24) is 10.2 Å². The van der Waals surface area contributed by atoms with Gasteiger partial charge in [0, 0.05) is 17.6 Å². The molecule has 0 aliphatic carbocycles. The Morgan fingerprint density at radius 3 is 2.39 bits per heavy atom. The van der Waals surface area contributed by atoms with Crippen molar-refractivity contribution >= 4 is 39.3 Å². The molecule has 1 N–H and O–H groups in total. The molecule has 0 aromatic heterocycles. The van der Waals surface area contributed by atoms with Crippen molar-refractivity contribution in [2.24, 2.45) is 0 Å². The summed E-state index contributed by atoms with van der Waals surface area (Å²) in [7, 11) is 1.60. The predicted molar refractivity (Wildman–Crippen MR) is 126 cm³/mol. The molecule has 0 radical (unpaired) electrons. The van der Waals surface area contributed by atoms with Crippen molar-refractivity contribution in [3.05, 3.63) is 57.5 Å². The van der Waals surface area contributed by atoms with E-state index in [2.05, 4.69) is 21.2 Å². The summed E-state index contributed by atoms with van der Waals surface area (Å²) in [6.07, 6.45) is 0.477. The molecule has 0 bridgehead atoms. The molecule has 0 aliphatic heterocycles. The number of carbonyl (C=O) groups is 2. The fourth-order valence-electron chi connectivity index (χ4n) is 3.04. The summed E-state index contributed by atoms with van der Waals surface area (Å²) in [6.45, 7) is 5.73. The number of hydrogen-bond donors (Lipinski definition) is 1. The zero-order valence-corrected chi connectivity index (χ0v) is 20.5. The second-order valence-electron chi connectivity index (χ2n) is 7.32. The van der Waals surface area contributed by atoms with Gasteiger partial charge in [-0.05, 0) is 72.1 Å². The molecule has 0 heterocycles. The van der Waals surface area contributed by atoms with Gasteiger partial charge in [0.25, 0.3) is 5.91 Å². The molecule has 31 heavy (non-hydrogen) atoms. The lowest BCUT2D eigenvalue weighted by atomic mass is 10.1. The first-order valence-electron chi connectivity index (χ1n) is 10.1. The standard InChI is InChI=1S/C23H28BrClN2O4/c1-5-20(23(29)26-15(2)3)27(13-16-6-9-18(30-4)10-7-16)22(28)14-31-21-11-8-17(25)12-19(21)24/h6-12,15,20H,5,13-14H2,1-4H3,(H,26,29)/t20-/m0/s1. The van der Waals surface area contributed by atoms with Gasteiger partial charge < -0.3 is 19.7 Å². The molecule has 8 heteroatoms. The lowest BCUT2D eigenvalue weighted by Gasteiger charge is -2.31. The van der Waals surface area contributed by atoms with Gasteiger partial charge in [-0.2, -0.15) is 0 Å². The van der Waals surface area contributed by atoms with Crippen molar-refractivity contribution in [3.8, 4) is 11.5 Å². The number of hydrogen-bond acceptors (Lipinski definition) is 4. The largest absolute Gasteiger partial charge is 0.497 e. The number of nitrogens with zero attached hydrogens (tertiary/aromatic N) is 1. The van der Waals surface area contributed by atoms with E-state index in [1.807, 2.05) is 45.0 Å². The Kier molecular flexibility index (Phi) is 9.65. The molecule has 0 unspecified atom stereocenters. The Morgan fingerprint density at radius 2 is 1.84 bits per heavy atom. The molecule has 2 rings (SSSR count). The predicted octanol–water partition coefficient (Wildman–Crippen LogP) is 4.82. The van der Waals surface area contributed by atoms with Crippen molar-refractivity contribution in [3.63, 3.8) is 0 Å². The number of amides is 2. The third-order valence-corrected chi connectivity index (χ3v) is 5.43. The molecule has 0 saturated carbocycles. The number of benzene rings is 2. The van der Waals surface area contributed by atoms with Crippen molar-refractivity contribution < 1.29 is 19.1 Å². The first-order chi connectivity index (χ1) is 14.7. The normalized spacial score (nSPS) is 11.7. The summed E-state index contributed by atoms with van der Waals surface area (Å²) in [6, 6.07) is 11.8. The molecule has 2 aromatic rings. The minimum absolute atomic E-state index is 0.0271. The molecule has 1 atom stereocenters. The zero-order valence-electron chi connectivity index (χ0n) is 18.2. The monoisotopic (exact) mass is 510 g/mol. The van der Waals surface area contributed by atoms with Crippen LogP contribution in [0.2, 0.25) is 5.02 Å². The van der Waals surface area contributed by atoms with Crippen LogP contribution in [0.15, 0.2) is 46.9 Å². The van der Waals surface area contributed by atoms with Gasteiger partial charge in [0.2, 0.25) is 5.91 Å². The number of ether oxygens (including phenoxy) is 2. The van der Waals surface area contributed by atoms with Crippen molar-refractivity contribution in [2.45, 2.75) is 45.8 Å². The van der Waals surface area contributed by atoms with Gasteiger partial charge in [-0.25, -0.2) is 0 Å². The van der Waals surface area contributed by atoms with E-state index in [4.69, 9.17) is 21.1 Å². The topological polar surface area (TPSA) is 67.9 Å². The highest BCUT2D eigenvalue weighted by atomic mass is 79.9.